The van der Waals surface area contributed by atoms with Gasteiger partial charge < -0.3 is 4.90 Å². The fraction of sp³-hybridized carbons (Fsp3) is 0.421. The van der Waals surface area contributed by atoms with Crippen LogP contribution in [0.25, 0.3) is 5.65 Å². The van der Waals surface area contributed by atoms with Crippen LogP contribution in [0.5, 0.6) is 0 Å². The molecule has 0 saturated carbocycles. The van der Waals surface area contributed by atoms with Gasteiger partial charge in [-0.15, -0.1) is 15.3 Å². The predicted octanol–water partition coefficient (Wildman–Crippen LogP) is 2.27. The first-order valence-electron chi connectivity index (χ1n) is 8.99. The minimum absolute atomic E-state index is 0.607. The summed E-state index contributed by atoms with van der Waals surface area (Å²) in [4.78, 5) is 4.94. The summed E-state index contributed by atoms with van der Waals surface area (Å²) in [6, 6.07) is 15.4. The summed E-state index contributed by atoms with van der Waals surface area (Å²) in [6.45, 7) is 6.53. The molecular weight excluding hydrogens is 312 g/mol. The minimum atomic E-state index is 0.607. The van der Waals surface area contributed by atoms with E-state index < -0.39 is 0 Å². The highest BCUT2D eigenvalue weighted by atomic mass is 15.4. The van der Waals surface area contributed by atoms with Gasteiger partial charge in [0.2, 0.25) is 0 Å². The van der Waals surface area contributed by atoms with Crippen LogP contribution in [0.4, 0.5) is 5.82 Å². The van der Waals surface area contributed by atoms with Crippen LogP contribution in [0, 0.1) is 0 Å². The Morgan fingerprint density at radius 3 is 2.60 bits per heavy atom. The first-order valence-corrected chi connectivity index (χ1v) is 8.99. The number of benzene rings is 1. The SMILES string of the molecule is CC(CCc1ccccc1)N1CCN(c2ccc3nncn3n2)CC1. The molecule has 0 N–H and O–H groups in total. The Morgan fingerprint density at radius 2 is 1.80 bits per heavy atom. The Morgan fingerprint density at radius 1 is 1.00 bits per heavy atom. The van der Waals surface area contributed by atoms with Crippen molar-refractivity contribution in [2.45, 2.75) is 25.8 Å². The Hall–Kier alpha value is -2.47. The number of anilines is 1. The van der Waals surface area contributed by atoms with Gasteiger partial charge in [-0.1, -0.05) is 30.3 Å². The van der Waals surface area contributed by atoms with Crippen LogP contribution in [-0.2, 0) is 6.42 Å². The minimum Gasteiger partial charge on any atom is -0.353 e. The maximum atomic E-state index is 4.60. The van der Waals surface area contributed by atoms with Gasteiger partial charge in [-0.3, -0.25) is 4.90 Å². The van der Waals surface area contributed by atoms with Gasteiger partial charge in [0.15, 0.2) is 5.65 Å². The average molecular weight is 336 g/mol. The first-order chi connectivity index (χ1) is 12.3. The largest absolute Gasteiger partial charge is 0.353 e. The summed E-state index contributed by atoms with van der Waals surface area (Å²) in [6.07, 6.45) is 4.00. The van der Waals surface area contributed by atoms with Gasteiger partial charge in [0.05, 0.1) is 0 Å². The lowest BCUT2D eigenvalue weighted by Crippen LogP contribution is -2.50. The molecule has 4 rings (SSSR count). The van der Waals surface area contributed by atoms with Gasteiger partial charge in [-0.05, 0) is 37.5 Å². The van der Waals surface area contributed by atoms with E-state index in [1.54, 1.807) is 10.8 Å². The van der Waals surface area contributed by atoms with E-state index in [1.165, 1.54) is 12.0 Å². The second kappa shape index (κ2) is 7.19. The van der Waals surface area contributed by atoms with Crippen molar-refractivity contribution in [2.24, 2.45) is 0 Å². The van der Waals surface area contributed by atoms with Crippen LogP contribution in [0.3, 0.4) is 0 Å². The summed E-state index contributed by atoms with van der Waals surface area (Å²) >= 11 is 0. The number of piperazine rings is 1. The van der Waals surface area contributed by atoms with E-state index in [2.05, 4.69) is 62.4 Å². The maximum Gasteiger partial charge on any atom is 0.177 e. The molecule has 0 aliphatic carbocycles. The topological polar surface area (TPSA) is 49.6 Å². The predicted molar refractivity (Wildman–Crippen MR) is 98.8 cm³/mol. The lowest BCUT2D eigenvalue weighted by Gasteiger charge is -2.38. The van der Waals surface area contributed by atoms with Gasteiger partial charge in [0.1, 0.15) is 12.1 Å². The molecule has 1 aliphatic heterocycles. The van der Waals surface area contributed by atoms with Crippen LogP contribution >= 0.6 is 0 Å². The molecule has 3 heterocycles. The molecule has 0 radical (unpaired) electrons. The smallest absolute Gasteiger partial charge is 0.177 e. The normalized spacial score (nSPS) is 17.1. The van der Waals surface area contributed by atoms with Crippen LogP contribution in [0.15, 0.2) is 48.8 Å². The van der Waals surface area contributed by atoms with Crippen LogP contribution in [0.2, 0.25) is 0 Å². The lowest BCUT2D eigenvalue weighted by molar-refractivity contribution is 0.188. The molecule has 0 amide bonds. The van der Waals surface area contributed by atoms with Crippen molar-refractivity contribution in [3.63, 3.8) is 0 Å². The fourth-order valence-corrected chi connectivity index (χ4v) is 3.48. The molecule has 1 fully saturated rings. The van der Waals surface area contributed by atoms with Crippen molar-refractivity contribution in [1.29, 1.82) is 0 Å². The molecule has 0 bridgehead atoms. The van der Waals surface area contributed by atoms with Crippen LogP contribution in [-0.4, -0.2) is 56.9 Å². The molecule has 0 spiro atoms. The van der Waals surface area contributed by atoms with Crippen LogP contribution in [0.1, 0.15) is 18.9 Å². The number of nitrogens with zero attached hydrogens (tertiary/aromatic N) is 6. The number of hydrogen-bond donors (Lipinski definition) is 0. The third-order valence-electron chi connectivity index (χ3n) is 5.10. The Balaban J connectivity index is 1.31. The summed E-state index contributed by atoms with van der Waals surface area (Å²) in [7, 11) is 0. The third kappa shape index (κ3) is 3.64. The lowest BCUT2D eigenvalue weighted by atomic mass is 10.0. The molecule has 25 heavy (non-hydrogen) atoms. The number of fused-ring (bicyclic) bond motifs is 1. The van der Waals surface area contributed by atoms with E-state index in [0.29, 0.717) is 6.04 Å². The van der Waals surface area contributed by atoms with Crippen LogP contribution < -0.4 is 4.90 Å². The Bertz CT molecular complexity index is 807. The van der Waals surface area contributed by atoms with Gasteiger partial charge in [0.25, 0.3) is 0 Å². The zero-order chi connectivity index (χ0) is 17.1. The summed E-state index contributed by atoms with van der Waals surface area (Å²) in [5.74, 6) is 1.00. The van der Waals surface area contributed by atoms with Crippen molar-refractivity contribution in [2.75, 3.05) is 31.1 Å². The summed E-state index contributed by atoms with van der Waals surface area (Å²) in [5.41, 5.74) is 2.22. The maximum absolute atomic E-state index is 4.60. The van der Waals surface area contributed by atoms with E-state index in [9.17, 15) is 0 Å². The number of rotatable bonds is 5. The molecule has 130 valence electrons. The number of aromatic nitrogens is 4. The third-order valence-corrected chi connectivity index (χ3v) is 5.10. The quantitative estimate of drug-likeness (QED) is 0.715. The molecule has 6 heteroatoms. The van der Waals surface area contributed by atoms with E-state index in [-0.39, 0.29) is 0 Å². The Labute approximate surface area is 148 Å². The van der Waals surface area contributed by atoms with Gasteiger partial charge in [-0.2, -0.15) is 4.52 Å². The number of aryl methyl sites for hydroxylation is 1. The van der Waals surface area contributed by atoms with Gasteiger partial charge >= 0.3 is 0 Å². The molecule has 1 atom stereocenters. The zero-order valence-corrected chi connectivity index (χ0v) is 14.6. The second-order valence-electron chi connectivity index (χ2n) is 6.72. The van der Waals surface area contributed by atoms with Crippen molar-refractivity contribution in [3.8, 4) is 0 Å². The molecule has 1 aromatic carbocycles. The summed E-state index contributed by atoms with van der Waals surface area (Å²) < 4.78 is 1.74. The standard InChI is InChI=1S/C19H24N6/c1-16(7-8-17-5-3-2-4-6-17)23-11-13-24(14-12-23)19-10-9-18-21-20-15-25(18)22-19/h2-6,9-10,15-16H,7-8,11-14H2,1H3. The highest BCUT2D eigenvalue weighted by Crippen LogP contribution is 2.17. The highest BCUT2D eigenvalue weighted by Gasteiger charge is 2.22. The fourth-order valence-electron chi connectivity index (χ4n) is 3.48. The monoisotopic (exact) mass is 336 g/mol. The van der Waals surface area contributed by atoms with E-state index >= 15 is 0 Å². The summed E-state index contributed by atoms with van der Waals surface area (Å²) in [5, 5.41) is 12.5. The van der Waals surface area contributed by atoms with Crippen molar-refractivity contribution < 1.29 is 0 Å². The molecule has 1 aliphatic rings. The van der Waals surface area contributed by atoms with Crippen molar-refractivity contribution in [3.05, 3.63) is 54.4 Å². The molecule has 6 nitrogen and oxygen atoms in total. The second-order valence-corrected chi connectivity index (χ2v) is 6.72. The van der Waals surface area contributed by atoms with Gasteiger partial charge in [0, 0.05) is 32.2 Å². The van der Waals surface area contributed by atoms with E-state index in [4.69, 9.17) is 0 Å². The molecular formula is C19H24N6. The highest BCUT2D eigenvalue weighted by molar-refractivity contribution is 5.45. The zero-order valence-electron chi connectivity index (χ0n) is 14.6. The van der Waals surface area contributed by atoms with Crippen molar-refractivity contribution >= 4 is 11.5 Å². The number of hydrogen-bond acceptors (Lipinski definition) is 5. The van der Waals surface area contributed by atoms with Crippen molar-refractivity contribution in [1.82, 2.24) is 24.7 Å². The molecule has 1 unspecified atom stereocenters. The van der Waals surface area contributed by atoms with E-state index in [1.807, 2.05) is 12.1 Å². The molecule has 2 aromatic heterocycles. The molecule has 3 aromatic rings. The van der Waals surface area contributed by atoms with E-state index in [0.717, 1.165) is 44.1 Å². The van der Waals surface area contributed by atoms with Gasteiger partial charge in [-0.25, -0.2) is 0 Å². The first kappa shape index (κ1) is 16.0. The average Bonchev–Trinajstić information content (AvgIpc) is 3.15. The Kier molecular flexibility index (Phi) is 4.61. The molecule has 1 saturated heterocycles.